The Morgan fingerprint density at radius 2 is 2.00 bits per heavy atom. The number of furan rings is 1. The van der Waals surface area contributed by atoms with Crippen molar-refractivity contribution in [2.24, 2.45) is 5.92 Å². The number of nitrogens with two attached hydrogens (primary N) is 1. The predicted molar refractivity (Wildman–Crippen MR) is 120 cm³/mol. The lowest BCUT2D eigenvalue weighted by molar-refractivity contribution is -0.151. The number of amides is 1. The summed E-state index contributed by atoms with van der Waals surface area (Å²) in [7, 11) is 0. The van der Waals surface area contributed by atoms with Gasteiger partial charge in [-0.15, -0.1) is 11.3 Å². The molecule has 1 fully saturated rings. The second kappa shape index (κ2) is 9.57. The molecule has 0 spiro atoms. The summed E-state index contributed by atoms with van der Waals surface area (Å²) in [4.78, 5) is 48.4. The molecule has 0 bridgehead atoms. The van der Waals surface area contributed by atoms with Crippen LogP contribution < -0.4 is 5.73 Å². The smallest absolute Gasteiger partial charge is 0.348 e. The monoisotopic (exact) mass is 472 g/mol. The first kappa shape index (κ1) is 22.7. The van der Waals surface area contributed by atoms with E-state index >= 15 is 0 Å². The molecule has 3 aromatic rings. The molecule has 0 aliphatic carbocycles. The highest BCUT2D eigenvalue weighted by Crippen LogP contribution is 2.33. The number of fused-ring (bicyclic) bond motifs is 1. The van der Waals surface area contributed by atoms with E-state index in [-0.39, 0.29) is 48.4 Å². The lowest BCUT2D eigenvalue weighted by atomic mass is 9.97. The predicted octanol–water partition coefficient (Wildman–Crippen LogP) is 2.95. The maximum absolute atomic E-state index is 12.6. The molecule has 1 saturated heterocycles. The van der Waals surface area contributed by atoms with E-state index in [2.05, 4.69) is 9.97 Å². The van der Waals surface area contributed by atoms with Crippen molar-refractivity contribution in [3.05, 3.63) is 40.4 Å². The van der Waals surface area contributed by atoms with Crippen LogP contribution in [0.3, 0.4) is 0 Å². The summed E-state index contributed by atoms with van der Waals surface area (Å²) in [6.07, 6.45) is 2.46. The first-order chi connectivity index (χ1) is 15.9. The van der Waals surface area contributed by atoms with Crippen LogP contribution in [0.4, 0.5) is 5.82 Å². The van der Waals surface area contributed by atoms with Gasteiger partial charge in [-0.2, -0.15) is 0 Å². The minimum atomic E-state index is -0.428. The molecule has 4 heterocycles. The van der Waals surface area contributed by atoms with Crippen LogP contribution in [0.15, 0.2) is 22.8 Å². The van der Waals surface area contributed by atoms with E-state index in [1.54, 1.807) is 30.9 Å². The number of aryl methyl sites for hydroxylation is 1. The van der Waals surface area contributed by atoms with Crippen molar-refractivity contribution in [3.8, 4) is 0 Å². The van der Waals surface area contributed by atoms with Crippen molar-refractivity contribution in [3.63, 3.8) is 0 Å². The highest BCUT2D eigenvalue weighted by Gasteiger charge is 2.30. The summed E-state index contributed by atoms with van der Waals surface area (Å²) >= 11 is 1.17. The van der Waals surface area contributed by atoms with Gasteiger partial charge in [0.15, 0.2) is 18.2 Å². The molecule has 0 aromatic carbocycles. The molecular weight excluding hydrogens is 448 g/mol. The number of rotatable bonds is 6. The van der Waals surface area contributed by atoms with Crippen LogP contribution >= 0.6 is 11.3 Å². The molecule has 3 aromatic heterocycles. The molecule has 1 amide bonds. The van der Waals surface area contributed by atoms with Crippen LogP contribution in [0, 0.1) is 12.8 Å². The van der Waals surface area contributed by atoms with Crippen molar-refractivity contribution >= 4 is 45.2 Å². The number of piperidine rings is 1. The summed E-state index contributed by atoms with van der Waals surface area (Å²) < 4.78 is 15.7. The summed E-state index contributed by atoms with van der Waals surface area (Å²) in [6, 6.07) is 3.29. The normalized spacial score (nSPS) is 14.4. The van der Waals surface area contributed by atoms with E-state index < -0.39 is 5.97 Å². The molecule has 0 unspecified atom stereocenters. The Kier molecular flexibility index (Phi) is 6.59. The number of hydrogen-bond acceptors (Lipinski definition) is 10. The van der Waals surface area contributed by atoms with E-state index in [1.807, 2.05) is 0 Å². The molecule has 0 saturated carbocycles. The number of nitrogen functional groups attached to an aromatic ring is 1. The van der Waals surface area contributed by atoms with Gasteiger partial charge < -0.3 is 24.5 Å². The molecule has 0 radical (unpaired) electrons. The van der Waals surface area contributed by atoms with E-state index in [4.69, 9.17) is 19.6 Å². The second-order valence-electron chi connectivity index (χ2n) is 7.63. The van der Waals surface area contributed by atoms with Gasteiger partial charge in [0, 0.05) is 13.1 Å². The minimum absolute atomic E-state index is 0.129. The topological polar surface area (TPSA) is 138 Å². The molecule has 33 heavy (non-hydrogen) atoms. The molecule has 11 heteroatoms. The standard InChI is InChI=1S/C22H24N4O6S/c1-3-30-22(29)17-12(2)16-18(23)24-15(25-19(16)33-17)11-32-21(28)13-6-8-26(9-7-13)20(27)14-5-4-10-31-14/h4-5,10,13H,3,6-9,11H2,1-2H3,(H2,23,24,25). The van der Waals surface area contributed by atoms with Gasteiger partial charge in [0.2, 0.25) is 0 Å². The van der Waals surface area contributed by atoms with Gasteiger partial charge >= 0.3 is 11.9 Å². The number of carbonyl (C=O) groups is 3. The Morgan fingerprint density at radius 1 is 1.24 bits per heavy atom. The van der Waals surface area contributed by atoms with Crippen LogP contribution in [0.5, 0.6) is 0 Å². The first-order valence-electron chi connectivity index (χ1n) is 10.6. The van der Waals surface area contributed by atoms with Gasteiger partial charge in [0.25, 0.3) is 5.91 Å². The minimum Gasteiger partial charge on any atom is -0.462 e. The van der Waals surface area contributed by atoms with Gasteiger partial charge in [0.1, 0.15) is 15.5 Å². The Hall–Kier alpha value is -3.47. The van der Waals surface area contributed by atoms with Crippen LogP contribution in [-0.2, 0) is 20.9 Å². The SMILES string of the molecule is CCOC(=O)c1sc2nc(COC(=O)C3CCN(C(=O)c4ccco4)CC3)nc(N)c2c1C. The fourth-order valence-electron chi connectivity index (χ4n) is 3.80. The number of likely N-dealkylation sites (tertiary alicyclic amines) is 1. The summed E-state index contributed by atoms with van der Waals surface area (Å²) in [5.74, 6) is -0.519. The Bertz CT molecular complexity index is 1180. The number of hydrogen-bond donors (Lipinski definition) is 1. The lowest BCUT2D eigenvalue weighted by Crippen LogP contribution is -2.40. The zero-order valence-electron chi connectivity index (χ0n) is 18.3. The third-order valence-corrected chi connectivity index (χ3v) is 6.68. The molecule has 1 aliphatic rings. The Labute approximate surface area is 193 Å². The number of esters is 2. The number of carbonyl (C=O) groups excluding carboxylic acids is 3. The molecule has 1 aliphatic heterocycles. The summed E-state index contributed by atoms with van der Waals surface area (Å²) in [5.41, 5.74) is 6.77. The molecule has 4 rings (SSSR count). The van der Waals surface area contributed by atoms with Gasteiger partial charge in [0.05, 0.1) is 24.2 Å². The zero-order valence-corrected chi connectivity index (χ0v) is 19.1. The van der Waals surface area contributed by atoms with Crippen molar-refractivity contribution in [1.82, 2.24) is 14.9 Å². The number of ether oxygens (including phenoxy) is 2. The van der Waals surface area contributed by atoms with Gasteiger partial charge in [-0.05, 0) is 44.4 Å². The maximum Gasteiger partial charge on any atom is 0.348 e. The zero-order chi connectivity index (χ0) is 23.5. The quantitative estimate of drug-likeness (QED) is 0.537. The molecule has 174 valence electrons. The largest absolute Gasteiger partial charge is 0.462 e. The van der Waals surface area contributed by atoms with Crippen LogP contribution in [-0.4, -0.2) is 52.4 Å². The summed E-state index contributed by atoms with van der Waals surface area (Å²) in [5, 5.41) is 0.603. The van der Waals surface area contributed by atoms with Crippen molar-refractivity contribution in [1.29, 1.82) is 0 Å². The highest BCUT2D eigenvalue weighted by molar-refractivity contribution is 7.20. The maximum atomic E-state index is 12.6. The van der Waals surface area contributed by atoms with Crippen LogP contribution in [0.1, 0.15) is 51.4 Å². The number of anilines is 1. The number of aromatic nitrogens is 2. The molecule has 2 N–H and O–H groups in total. The Balaban J connectivity index is 1.37. The van der Waals surface area contributed by atoms with Gasteiger partial charge in [-0.25, -0.2) is 14.8 Å². The van der Waals surface area contributed by atoms with Crippen molar-refractivity contribution in [2.45, 2.75) is 33.3 Å². The van der Waals surface area contributed by atoms with E-state index in [9.17, 15) is 14.4 Å². The Morgan fingerprint density at radius 3 is 2.67 bits per heavy atom. The lowest BCUT2D eigenvalue weighted by Gasteiger charge is -2.30. The van der Waals surface area contributed by atoms with Crippen LogP contribution in [0.25, 0.3) is 10.2 Å². The molecular formula is C22H24N4O6S. The fraction of sp³-hybridized carbons (Fsp3) is 0.409. The van der Waals surface area contributed by atoms with Crippen molar-refractivity contribution < 1.29 is 28.3 Å². The molecule has 10 nitrogen and oxygen atoms in total. The third-order valence-electron chi connectivity index (χ3n) is 5.52. The average Bonchev–Trinajstić information content (AvgIpc) is 3.46. The van der Waals surface area contributed by atoms with Gasteiger partial charge in [-0.3, -0.25) is 9.59 Å². The fourth-order valence-corrected chi connectivity index (χ4v) is 4.90. The number of nitrogens with zero attached hydrogens (tertiary/aromatic N) is 3. The van der Waals surface area contributed by atoms with Crippen molar-refractivity contribution in [2.75, 3.05) is 25.4 Å². The van der Waals surface area contributed by atoms with E-state index in [0.717, 1.165) is 0 Å². The third kappa shape index (κ3) is 4.68. The van der Waals surface area contributed by atoms with Gasteiger partial charge in [-0.1, -0.05) is 0 Å². The average molecular weight is 473 g/mol. The summed E-state index contributed by atoms with van der Waals surface area (Å²) in [6.45, 7) is 4.54. The van der Waals surface area contributed by atoms with E-state index in [1.165, 1.54) is 17.6 Å². The highest BCUT2D eigenvalue weighted by atomic mass is 32.1. The molecule has 0 atom stereocenters. The second-order valence-corrected chi connectivity index (χ2v) is 8.63. The number of thiophene rings is 1. The first-order valence-corrected chi connectivity index (χ1v) is 11.4. The van der Waals surface area contributed by atoms with E-state index in [0.29, 0.717) is 46.6 Å². The van der Waals surface area contributed by atoms with Crippen LogP contribution in [0.2, 0.25) is 0 Å².